The lowest BCUT2D eigenvalue weighted by Crippen LogP contribution is -2.16. The average Bonchev–Trinajstić information content (AvgIpc) is 2.40. The van der Waals surface area contributed by atoms with Gasteiger partial charge in [0.15, 0.2) is 0 Å². The normalized spacial score (nSPS) is 8.35. The third-order valence-corrected chi connectivity index (χ3v) is 1.75. The monoisotopic (exact) mass is 247 g/mol. The molecule has 3 heteroatoms. The number of carbonyl (C=O) groups excluding carboxylic acids is 1. The molecule has 1 N–H and O–H groups in total. The first-order valence-electron chi connectivity index (χ1n) is 7.17. The third kappa shape index (κ3) is 25.6. The van der Waals surface area contributed by atoms with Gasteiger partial charge in [-0.05, 0) is 25.9 Å². The van der Waals surface area contributed by atoms with E-state index in [1.54, 1.807) is 0 Å². The molecule has 0 aliphatic heterocycles. The molecule has 17 heavy (non-hydrogen) atoms. The van der Waals surface area contributed by atoms with Gasteiger partial charge in [-0.1, -0.05) is 48.0 Å². The summed E-state index contributed by atoms with van der Waals surface area (Å²) in [6.45, 7) is 14.6. The molecule has 0 unspecified atom stereocenters. The molecule has 0 saturated carbocycles. The van der Waals surface area contributed by atoms with Crippen molar-refractivity contribution >= 4 is 5.97 Å². The summed E-state index contributed by atoms with van der Waals surface area (Å²) in [6, 6.07) is 0. The number of nitrogens with one attached hydrogen (secondary N) is 1. The molecule has 106 valence electrons. The van der Waals surface area contributed by atoms with Crippen LogP contribution in [0.4, 0.5) is 0 Å². The van der Waals surface area contributed by atoms with Gasteiger partial charge in [-0.25, -0.2) is 0 Å². The zero-order chi connectivity index (χ0) is 13.9. The highest BCUT2D eigenvalue weighted by atomic mass is 16.5. The summed E-state index contributed by atoms with van der Waals surface area (Å²) < 4.78 is 5.00. The van der Waals surface area contributed by atoms with E-state index in [1.165, 1.54) is 0 Å². The molecule has 0 rings (SSSR count). The van der Waals surface area contributed by atoms with Crippen molar-refractivity contribution in [3.63, 3.8) is 0 Å². The van der Waals surface area contributed by atoms with Crippen LogP contribution in [-0.2, 0) is 9.53 Å². The van der Waals surface area contributed by atoms with Crippen molar-refractivity contribution in [2.24, 2.45) is 0 Å². The number of hydrogen-bond donors (Lipinski definition) is 1. The van der Waals surface area contributed by atoms with Crippen LogP contribution in [0.25, 0.3) is 0 Å². The molecule has 3 nitrogen and oxygen atoms in total. The largest absolute Gasteiger partial charge is 0.466 e. The van der Waals surface area contributed by atoms with Crippen LogP contribution in [0.15, 0.2) is 0 Å². The third-order valence-electron chi connectivity index (χ3n) is 1.75. The zero-order valence-electron chi connectivity index (χ0n) is 12.8. The van der Waals surface area contributed by atoms with E-state index in [1.807, 2.05) is 27.7 Å². The summed E-state index contributed by atoms with van der Waals surface area (Å²) in [5, 5.41) is 3.16. The smallest absolute Gasteiger partial charge is 0.305 e. The second-order valence-corrected chi connectivity index (χ2v) is 3.03. The van der Waals surface area contributed by atoms with Crippen molar-refractivity contribution in [1.29, 1.82) is 0 Å². The SMILES string of the molecule is CC.CC.CCCCOC(=O)CCCNCC. The Morgan fingerprint density at radius 1 is 1.06 bits per heavy atom. The lowest BCUT2D eigenvalue weighted by molar-refractivity contribution is -0.143. The second-order valence-electron chi connectivity index (χ2n) is 3.03. The molecule has 0 aromatic rings. The van der Waals surface area contributed by atoms with Crippen molar-refractivity contribution in [3.05, 3.63) is 0 Å². The molecular weight excluding hydrogens is 214 g/mol. The molecule has 0 aromatic heterocycles. The highest BCUT2D eigenvalue weighted by Gasteiger charge is 2.00. The number of unbranched alkanes of at least 4 members (excludes halogenated alkanes) is 1. The number of ether oxygens (including phenoxy) is 1. The van der Waals surface area contributed by atoms with Crippen LogP contribution in [0, 0.1) is 0 Å². The van der Waals surface area contributed by atoms with Crippen molar-refractivity contribution in [2.45, 2.75) is 67.2 Å². The molecule has 0 spiro atoms. The summed E-state index contributed by atoms with van der Waals surface area (Å²) in [7, 11) is 0. The van der Waals surface area contributed by atoms with E-state index in [0.717, 1.165) is 32.4 Å². The predicted octanol–water partition coefficient (Wildman–Crippen LogP) is 3.77. The van der Waals surface area contributed by atoms with Gasteiger partial charge in [0.25, 0.3) is 0 Å². The van der Waals surface area contributed by atoms with Gasteiger partial charge in [-0.3, -0.25) is 4.79 Å². The Labute approximate surface area is 108 Å². The fourth-order valence-electron chi connectivity index (χ4n) is 0.937. The topological polar surface area (TPSA) is 38.3 Å². The standard InChI is InChI=1S/C10H21NO2.2C2H6/c1-3-5-9-13-10(12)7-6-8-11-4-2;2*1-2/h11H,3-9H2,1-2H3;2*1-2H3. The number of carbonyl (C=O) groups is 1. The molecule has 0 radical (unpaired) electrons. The Morgan fingerprint density at radius 2 is 1.65 bits per heavy atom. The summed E-state index contributed by atoms with van der Waals surface area (Å²) in [5.74, 6) is -0.0636. The molecule has 0 aliphatic carbocycles. The van der Waals surface area contributed by atoms with E-state index in [-0.39, 0.29) is 5.97 Å². The Bertz CT molecular complexity index is 127. The first-order valence-corrected chi connectivity index (χ1v) is 7.17. The Balaban J connectivity index is -0.000000439. The summed E-state index contributed by atoms with van der Waals surface area (Å²) in [5.41, 5.74) is 0. The fraction of sp³-hybridized carbons (Fsp3) is 0.929. The van der Waals surface area contributed by atoms with Crippen LogP contribution < -0.4 is 5.32 Å². The van der Waals surface area contributed by atoms with Gasteiger partial charge in [0, 0.05) is 6.42 Å². The number of hydrogen-bond acceptors (Lipinski definition) is 3. The van der Waals surface area contributed by atoms with Crippen LogP contribution in [0.5, 0.6) is 0 Å². The van der Waals surface area contributed by atoms with Gasteiger partial charge in [0.05, 0.1) is 6.61 Å². The Kier molecular flexibility index (Phi) is 31.4. The number of rotatable bonds is 8. The zero-order valence-corrected chi connectivity index (χ0v) is 12.8. The van der Waals surface area contributed by atoms with E-state index < -0.39 is 0 Å². The average molecular weight is 247 g/mol. The van der Waals surface area contributed by atoms with Gasteiger partial charge in [-0.15, -0.1) is 0 Å². The molecule has 0 saturated heterocycles. The first-order chi connectivity index (χ1) is 8.31. The van der Waals surface area contributed by atoms with Crippen LogP contribution >= 0.6 is 0 Å². The van der Waals surface area contributed by atoms with Gasteiger partial charge in [0.1, 0.15) is 0 Å². The molecule has 0 aliphatic rings. The van der Waals surface area contributed by atoms with Crippen LogP contribution in [-0.4, -0.2) is 25.7 Å². The number of esters is 1. The molecule has 0 aromatic carbocycles. The van der Waals surface area contributed by atoms with Gasteiger partial charge in [-0.2, -0.15) is 0 Å². The van der Waals surface area contributed by atoms with Crippen LogP contribution in [0.1, 0.15) is 67.2 Å². The quantitative estimate of drug-likeness (QED) is 0.524. The van der Waals surface area contributed by atoms with E-state index >= 15 is 0 Å². The lowest BCUT2D eigenvalue weighted by Gasteiger charge is -2.03. The van der Waals surface area contributed by atoms with E-state index in [4.69, 9.17) is 4.74 Å². The van der Waals surface area contributed by atoms with Crippen molar-refractivity contribution in [2.75, 3.05) is 19.7 Å². The van der Waals surface area contributed by atoms with Crippen molar-refractivity contribution < 1.29 is 9.53 Å². The highest BCUT2D eigenvalue weighted by Crippen LogP contribution is 1.94. The maximum Gasteiger partial charge on any atom is 0.305 e. The van der Waals surface area contributed by atoms with Gasteiger partial charge >= 0.3 is 5.97 Å². The highest BCUT2D eigenvalue weighted by molar-refractivity contribution is 5.69. The Hall–Kier alpha value is -0.570. The fourth-order valence-corrected chi connectivity index (χ4v) is 0.937. The molecule has 0 amide bonds. The summed E-state index contributed by atoms with van der Waals surface area (Å²) >= 11 is 0. The molecule has 0 bridgehead atoms. The molecule has 0 heterocycles. The Morgan fingerprint density at radius 3 is 2.12 bits per heavy atom. The molecule has 0 atom stereocenters. The van der Waals surface area contributed by atoms with Crippen LogP contribution in [0.2, 0.25) is 0 Å². The molecular formula is C14H33NO2. The summed E-state index contributed by atoms with van der Waals surface area (Å²) in [6.07, 6.45) is 3.46. The van der Waals surface area contributed by atoms with Crippen molar-refractivity contribution in [1.82, 2.24) is 5.32 Å². The maximum atomic E-state index is 11.0. The lowest BCUT2D eigenvalue weighted by atomic mass is 10.3. The van der Waals surface area contributed by atoms with Gasteiger partial charge in [0.2, 0.25) is 0 Å². The van der Waals surface area contributed by atoms with Crippen molar-refractivity contribution in [3.8, 4) is 0 Å². The minimum absolute atomic E-state index is 0.0636. The second kappa shape index (κ2) is 24.6. The predicted molar refractivity (Wildman–Crippen MR) is 76.3 cm³/mol. The minimum Gasteiger partial charge on any atom is -0.466 e. The van der Waals surface area contributed by atoms with Crippen LogP contribution in [0.3, 0.4) is 0 Å². The first kappa shape index (κ1) is 21.7. The van der Waals surface area contributed by atoms with Gasteiger partial charge < -0.3 is 10.1 Å². The van der Waals surface area contributed by atoms with E-state index in [9.17, 15) is 4.79 Å². The van der Waals surface area contributed by atoms with E-state index in [0.29, 0.717) is 13.0 Å². The minimum atomic E-state index is -0.0636. The molecule has 0 fully saturated rings. The maximum absolute atomic E-state index is 11.0. The van der Waals surface area contributed by atoms with E-state index in [2.05, 4.69) is 19.2 Å². The summed E-state index contributed by atoms with van der Waals surface area (Å²) in [4.78, 5) is 11.0.